The monoisotopic (exact) mass is 961 g/mol. The fourth-order valence-corrected chi connectivity index (χ4v) is 8.07. The number of hydrogen-bond acceptors (Lipinski definition) is 6. The highest BCUT2D eigenvalue weighted by Gasteiger charge is 2.19. The molecule has 0 N–H and O–H groups in total. The molecule has 0 saturated heterocycles. The van der Waals surface area contributed by atoms with Crippen molar-refractivity contribution in [2.45, 2.75) is 284 Å². The minimum atomic E-state index is -0.775. The van der Waals surface area contributed by atoms with Crippen molar-refractivity contribution >= 4 is 17.9 Å². The Balaban J connectivity index is 4.14. The lowest BCUT2D eigenvalue weighted by atomic mass is 10.0. The van der Waals surface area contributed by atoms with E-state index in [1.165, 1.54) is 128 Å². The molecule has 396 valence electrons. The molecular weight excluding hydrogens is 853 g/mol. The van der Waals surface area contributed by atoms with E-state index in [4.69, 9.17) is 14.2 Å². The molecule has 0 radical (unpaired) electrons. The van der Waals surface area contributed by atoms with Crippen LogP contribution in [0, 0.1) is 0 Å². The van der Waals surface area contributed by atoms with Crippen molar-refractivity contribution < 1.29 is 28.6 Å². The quantitative estimate of drug-likeness (QED) is 0.0262. The third kappa shape index (κ3) is 55.4. The molecule has 0 saturated carbocycles. The van der Waals surface area contributed by atoms with E-state index in [1.54, 1.807) is 0 Å². The molecule has 6 nitrogen and oxygen atoms in total. The van der Waals surface area contributed by atoms with Gasteiger partial charge in [0.25, 0.3) is 0 Å². The van der Waals surface area contributed by atoms with Crippen molar-refractivity contribution in [1.82, 2.24) is 0 Å². The molecule has 0 aromatic carbocycles. The van der Waals surface area contributed by atoms with Crippen LogP contribution in [-0.4, -0.2) is 37.2 Å². The average Bonchev–Trinajstić information content (AvgIpc) is 3.35. The maximum atomic E-state index is 12.8. The average molecular weight is 962 g/mol. The highest BCUT2D eigenvalue weighted by molar-refractivity contribution is 5.71. The van der Waals surface area contributed by atoms with Gasteiger partial charge >= 0.3 is 17.9 Å². The molecule has 0 aliphatic rings. The summed E-state index contributed by atoms with van der Waals surface area (Å²) < 4.78 is 16.8. The summed E-state index contributed by atoms with van der Waals surface area (Å²) in [4.78, 5) is 37.9. The van der Waals surface area contributed by atoms with Crippen LogP contribution in [0.3, 0.4) is 0 Å². The van der Waals surface area contributed by atoms with Gasteiger partial charge in [0, 0.05) is 19.3 Å². The molecule has 0 rings (SSSR count). The second-order valence-corrected chi connectivity index (χ2v) is 19.2. The molecule has 1 unspecified atom stereocenters. The van der Waals surface area contributed by atoms with E-state index in [-0.39, 0.29) is 31.1 Å². The third-order valence-electron chi connectivity index (χ3n) is 12.4. The van der Waals surface area contributed by atoms with Gasteiger partial charge in [-0.1, -0.05) is 266 Å². The molecule has 0 aliphatic carbocycles. The maximum Gasteiger partial charge on any atom is 0.306 e. The minimum absolute atomic E-state index is 0.0775. The van der Waals surface area contributed by atoms with Crippen LogP contribution in [0.1, 0.15) is 278 Å². The number of ether oxygens (including phenoxy) is 3. The number of carbonyl (C=O) groups excluding carboxylic acids is 3. The summed E-state index contributed by atoms with van der Waals surface area (Å²) in [7, 11) is 0. The maximum absolute atomic E-state index is 12.8. The first-order valence-corrected chi connectivity index (χ1v) is 29.1. The molecule has 0 aromatic heterocycles. The van der Waals surface area contributed by atoms with Gasteiger partial charge < -0.3 is 14.2 Å². The van der Waals surface area contributed by atoms with Crippen molar-refractivity contribution in [3.63, 3.8) is 0 Å². The number of carbonyl (C=O) groups is 3. The van der Waals surface area contributed by atoms with E-state index in [2.05, 4.69) is 106 Å². The summed E-state index contributed by atoms with van der Waals surface area (Å²) in [5.74, 6) is -0.891. The highest BCUT2D eigenvalue weighted by Crippen LogP contribution is 2.16. The summed E-state index contributed by atoms with van der Waals surface area (Å²) in [6, 6.07) is 0. The Morgan fingerprint density at radius 1 is 0.304 bits per heavy atom. The SMILES string of the molecule is CC/C=C\C/C=C\C/C=C\C/C=C\C/C=C\C/C=C\C/C=C\CCCCCCCCCC(=O)OCC(COC(=O)CCCCCCCC)OC(=O)CCCCCCCCCCCCCCCCCC. The van der Waals surface area contributed by atoms with Crippen LogP contribution in [0.4, 0.5) is 0 Å². The Bertz CT molecular complexity index is 1330. The van der Waals surface area contributed by atoms with Crippen molar-refractivity contribution in [1.29, 1.82) is 0 Å². The molecule has 0 amide bonds. The fourth-order valence-electron chi connectivity index (χ4n) is 8.07. The third-order valence-corrected chi connectivity index (χ3v) is 12.4. The lowest BCUT2D eigenvalue weighted by molar-refractivity contribution is -0.167. The van der Waals surface area contributed by atoms with Crippen LogP contribution in [0.15, 0.2) is 85.1 Å². The molecule has 69 heavy (non-hydrogen) atoms. The van der Waals surface area contributed by atoms with Crippen molar-refractivity contribution in [2.75, 3.05) is 13.2 Å². The second kappa shape index (κ2) is 57.2. The van der Waals surface area contributed by atoms with E-state index in [0.717, 1.165) is 109 Å². The van der Waals surface area contributed by atoms with Gasteiger partial charge in [0.2, 0.25) is 0 Å². The van der Waals surface area contributed by atoms with E-state index in [0.29, 0.717) is 19.3 Å². The van der Waals surface area contributed by atoms with Gasteiger partial charge in [0.05, 0.1) is 0 Å². The first-order chi connectivity index (χ1) is 34.0. The number of unbranched alkanes of at least 4 members (excludes halogenated alkanes) is 27. The summed E-state index contributed by atoms with van der Waals surface area (Å²) in [5, 5.41) is 0. The number of hydrogen-bond donors (Lipinski definition) is 0. The standard InChI is InChI=1S/C63H108O6/c1-4-7-10-13-16-18-20-22-24-26-27-28-29-30-31-32-33-34-35-36-37-38-40-41-43-45-47-50-53-56-62(65)68-59-60(58-67-61(64)55-52-49-15-12-9-6-3)69-63(66)57-54-51-48-46-44-42-39-25-23-21-19-17-14-11-8-5-2/h7,10,16,18,22,24,27-28,30-31,33-34,36-37,60H,4-6,8-9,11-15,17,19-21,23,25-26,29,32,35,38-59H2,1-3H3/b10-7-,18-16-,24-22-,28-27-,31-30-,34-33-,37-36-. The van der Waals surface area contributed by atoms with Crippen molar-refractivity contribution in [2.24, 2.45) is 0 Å². The lowest BCUT2D eigenvalue weighted by Crippen LogP contribution is -2.30. The first kappa shape index (κ1) is 65.6. The Labute approximate surface area is 426 Å². The van der Waals surface area contributed by atoms with Gasteiger partial charge in [-0.05, 0) is 77.0 Å². The van der Waals surface area contributed by atoms with E-state index >= 15 is 0 Å². The smallest absolute Gasteiger partial charge is 0.306 e. The summed E-state index contributed by atoms with van der Waals surface area (Å²) in [6.07, 6.45) is 74.6. The second-order valence-electron chi connectivity index (χ2n) is 19.2. The predicted molar refractivity (Wildman–Crippen MR) is 297 cm³/mol. The lowest BCUT2D eigenvalue weighted by Gasteiger charge is -2.18. The fraction of sp³-hybridized carbons (Fsp3) is 0.730. The van der Waals surface area contributed by atoms with E-state index in [1.807, 2.05) is 0 Å². The van der Waals surface area contributed by atoms with E-state index < -0.39 is 6.10 Å². The summed E-state index contributed by atoms with van der Waals surface area (Å²) >= 11 is 0. The van der Waals surface area contributed by atoms with Crippen LogP contribution in [0.25, 0.3) is 0 Å². The van der Waals surface area contributed by atoms with Crippen molar-refractivity contribution in [3.05, 3.63) is 85.1 Å². The Hall–Kier alpha value is -3.41. The topological polar surface area (TPSA) is 78.9 Å². The van der Waals surface area contributed by atoms with Gasteiger partial charge in [-0.15, -0.1) is 0 Å². The molecule has 0 bridgehead atoms. The Morgan fingerprint density at radius 3 is 0.884 bits per heavy atom. The first-order valence-electron chi connectivity index (χ1n) is 29.1. The highest BCUT2D eigenvalue weighted by atomic mass is 16.6. The van der Waals surface area contributed by atoms with Gasteiger partial charge in [-0.2, -0.15) is 0 Å². The molecule has 0 aromatic rings. The van der Waals surface area contributed by atoms with Gasteiger partial charge in [-0.3, -0.25) is 14.4 Å². The molecule has 0 heterocycles. The Morgan fingerprint density at radius 2 is 0.565 bits per heavy atom. The normalized spacial score (nSPS) is 12.7. The van der Waals surface area contributed by atoms with Gasteiger partial charge in [-0.25, -0.2) is 0 Å². The number of rotatable bonds is 52. The van der Waals surface area contributed by atoms with E-state index in [9.17, 15) is 14.4 Å². The molecule has 0 fully saturated rings. The predicted octanol–water partition coefficient (Wildman–Crippen LogP) is 19.5. The van der Waals surface area contributed by atoms with Crippen molar-refractivity contribution in [3.8, 4) is 0 Å². The number of allylic oxidation sites excluding steroid dienone is 14. The molecular formula is C63H108O6. The largest absolute Gasteiger partial charge is 0.462 e. The zero-order valence-corrected chi connectivity index (χ0v) is 45.3. The molecule has 0 aliphatic heterocycles. The van der Waals surface area contributed by atoms with Gasteiger partial charge in [0.1, 0.15) is 13.2 Å². The van der Waals surface area contributed by atoms with Crippen LogP contribution < -0.4 is 0 Å². The molecule has 6 heteroatoms. The van der Waals surface area contributed by atoms with Crippen LogP contribution in [0.2, 0.25) is 0 Å². The van der Waals surface area contributed by atoms with Crippen LogP contribution in [-0.2, 0) is 28.6 Å². The molecule has 0 spiro atoms. The zero-order chi connectivity index (χ0) is 50.0. The molecule has 1 atom stereocenters. The Kier molecular flexibility index (Phi) is 54.3. The number of esters is 3. The summed E-state index contributed by atoms with van der Waals surface area (Å²) in [5.41, 5.74) is 0. The van der Waals surface area contributed by atoms with Crippen LogP contribution >= 0.6 is 0 Å². The van der Waals surface area contributed by atoms with Crippen LogP contribution in [0.5, 0.6) is 0 Å². The summed E-state index contributed by atoms with van der Waals surface area (Å²) in [6.45, 7) is 6.47. The minimum Gasteiger partial charge on any atom is -0.462 e. The van der Waals surface area contributed by atoms with Gasteiger partial charge in [0.15, 0.2) is 6.10 Å². The zero-order valence-electron chi connectivity index (χ0n) is 45.3.